The molecule has 2 rings (SSSR count). The van der Waals surface area contributed by atoms with Gasteiger partial charge in [0, 0.05) is 5.56 Å². The number of carbonyl (C=O) groups excluding carboxylic acids is 1. The fourth-order valence-corrected chi connectivity index (χ4v) is 1.72. The van der Waals surface area contributed by atoms with Crippen LogP contribution in [0.2, 0.25) is 0 Å². The highest BCUT2D eigenvalue weighted by Gasteiger charge is 2.07. The van der Waals surface area contributed by atoms with Crippen LogP contribution in [0.25, 0.3) is 6.08 Å². The maximum Gasteiger partial charge on any atom is 0.387 e. The third kappa shape index (κ3) is 4.42. The van der Waals surface area contributed by atoms with Gasteiger partial charge in [-0.2, -0.15) is 8.78 Å². The Balaban J connectivity index is 2.13. The van der Waals surface area contributed by atoms with E-state index in [1.165, 1.54) is 48.6 Å². The van der Waals surface area contributed by atoms with E-state index in [1.807, 2.05) is 0 Å². The van der Waals surface area contributed by atoms with Crippen LogP contribution in [0.4, 0.5) is 8.78 Å². The summed E-state index contributed by atoms with van der Waals surface area (Å²) in [6.45, 7) is -2.93. The van der Waals surface area contributed by atoms with Gasteiger partial charge >= 0.3 is 6.61 Å². The summed E-state index contributed by atoms with van der Waals surface area (Å²) in [5.74, 6) is -0.323. The van der Waals surface area contributed by atoms with E-state index in [1.54, 1.807) is 12.1 Å². The number of phenolic OH excluding ortho intramolecular Hbond substituents is 1. The minimum Gasteiger partial charge on any atom is -0.508 e. The molecule has 0 saturated heterocycles. The average molecular weight is 290 g/mol. The number of ether oxygens (including phenoxy) is 1. The lowest BCUT2D eigenvalue weighted by Crippen LogP contribution is -2.03. The lowest BCUT2D eigenvalue weighted by Gasteiger charge is -2.04. The van der Waals surface area contributed by atoms with E-state index in [9.17, 15) is 18.7 Å². The number of halogens is 2. The molecule has 0 fully saturated rings. The molecule has 0 heterocycles. The lowest BCUT2D eigenvalue weighted by atomic mass is 10.1. The molecule has 1 N–H and O–H groups in total. The number of hydrogen-bond acceptors (Lipinski definition) is 3. The molecule has 0 aromatic heterocycles. The first-order valence-corrected chi connectivity index (χ1v) is 6.11. The Hall–Kier alpha value is -2.69. The van der Waals surface area contributed by atoms with Crippen molar-refractivity contribution in [3.63, 3.8) is 0 Å². The first-order valence-electron chi connectivity index (χ1n) is 6.11. The lowest BCUT2D eigenvalue weighted by molar-refractivity contribution is -0.0498. The molecule has 0 aliphatic rings. The molecule has 0 aliphatic carbocycles. The fraction of sp³-hybridized carbons (Fsp3) is 0.0625. The largest absolute Gasteiger partial charge is 0.508 e. The monoisotopic (exact) mass is 290 g/mol. The van der Waals surface area contributed by atoms with Crippen LogP contribution >= 0.6 is 0 Å². The number of ketones is 1. The molecule has 3 nitrogen and oxygen atoms in total. The van der Waals surface area contributed by atoms with Gasteiger partial charge in [0.2, 0.25) is 0 Å². The molecule has 0 saturated carbocycles. The summed E-state index contributed by atoms with van der Waals surface area (Å²) in [5, 5.41) is 9.31. The van der Waals surface area contributed by atoms with Crippen LogP contribution in [-0.4, -0.2) is 17.5 Å². The van der Waals surface area contributed by atoms with Crippen LogP contribution < -0.4 is 4.74 Å². The summed E-state index contributed by atoms with van der Waals surface area (Å²) < 4.78 is 28.5. The first-order chi connectivity index (χ1) is 10.0. The summed E-state index contributed by atoms with van der Waals surface area (Å²) in [7, 11) is 0. The van der Waals surface area contributed by atoms with Gasteiger partial charge in [0.05, 0.1) is 0 Å². The summed E-state index contributed by atoms with van der Waals surface area (Å²) in [5.41, 5.74) is 0.896. The molecule has 2 aromatic carbocycles. The van der Waals surface area contributed by atoms with Crippen molar-refractivity contribution in [2.75, 3.05) is 0 Å². The van der Waals surface area contributed by atoms with Gasteiger partial charge in [-0.15, -0.1) is 0 Å². The van der Waals surface area contributed by atoms with E-state index in [0.29, 0.717) is 5.56 Å². The van der Waals surface area contributed by atoms with Crippen molar-refractivity contribution in [2.45, 2.75) is 6.61 Å². The summed E-state index contributed by atoms with van der Waals surface area (Å²) >= 11 is 0. The highest BCUT2D eigenvalue weighted by Crippen LogP contribution is 2.17. The van der Waals surface area contributed by atoms with Gasteiger partial charge in [-0.05, 0) is 35.9 Å². The van der Waals surface area contributed by atoms with Gasteiger partial charge in [0.15, 0.2) is 5.78 Å². The van der Waals surface area contributed by atoms with Crippen LogP contribution in [-0.2, 0) is 0 Å². The summed E-state index contributed by atoms with van der Waals surface area (Å²) in [6.07, 6.45) is 2.83. The third-order valence-electron chi connectivity index (χ3n) is 2.64. The number of benzene rings is 2. The molecular weight excluding hydrogens is 278 g/mol. The maximum atomic E-state index is 12.1. The highest BCUT2D eigenvalue weighted by molar-refractivity contribution is 6.07. The predicted octanol–water partition coefficient (Wildman–Crippen LogP) is 3.89. The topological polar surface area (TPSA) is 46.5 Å². The molecule has 0 aliphatic heterocycles. The number of phenols is 1. The maximum absolute atomic E-state index is 12.1. The summed E-state index contributed by atoms with van der Waals surface area (Å²) in [4.78, 5) is 11.9. The SMILES string of the molecule is O=C(/C=C/c1cccc(O)c1)c1cccc(OC(F)F)c1. The molecule has 0 amide bonds. The van der Waals surface area contributed by atoms with Crippen molar-refractivity contribution in [3.05, 3.63) is 65.7 Å². The molecule has 21 heavy (non-hydrogen) atoms. The van der Waals surface area contributed by atoms with Gasteiger partial charge in [-0.25, -0.2) is 0 Å². The second-order valence-corrected chi connectivity index (χ2v) is 4.20. The Morgan fingerprint density at radius 2 is 1.90 bits per heavy atom. The predicted molar refractivity (Wildman–Crippen MR) is 74.5 cm³/mol. The van der Waals surface area contributed by atoms with Gasteiger partial charge in [-0.1, -0.05) is 30.3 Å². The van der Waals surface area contributed by atoms with Crippen molar-refractivity contribution in [3.8, 4) is 11.5 Å². The van der Waals surface area contributed by atoms with Crippen molar-refractivity contribution >= 4 is 11.9 Å². The molecule has 0 atom stereocenters. The van der Waals surface area contributed by atoms with Crippen molar-refractivity contribution in [1.82, 2.24) is 0 Å². The van der Waals surface area contributed by atoms with E-state index in [2.05, 4.69) is 4.74 Å². The molecular formula is C16H12F2O3. The van der Waals surface area contributed by atoms with Crippen LogP contribution in [0.3, 0.4) is 0 Å². The molecule has 0 spiro atoms. The normalized spacial score (nSPS) is 11.0. The Bertz CT molecular complexity index is 666. The number of allylic oxidation sites excluding steroid dienone is 1. The Kier molecular flexibility index (Phi) is 4.66. The van der Waals surface area contributed by atoms with E-state index in [-0.39, 0.29) is 22.8 Å². The van der Waals surface area contributed by atoms with Crippen molar-refractivity contribution < 1.29 is 23.4 Å². The van der Waals surface area contributed by atoms with Crippen LogP contribution in [0.5, 0.6) is 11.5 Å². The third-order valence-corrected chi connectivity index (χ3v) is 2.64. The molecule has 0 bridgehead atoms. The number of hydrogen-bond donors (Lipinski definition) is 1. The molecule has 2 aromatic rings. The van der Waals surface area contributed by atoms with E-state index >= 15 is 0 Å². The zero-order chi connectivity index (χ0) is 15.2. The number of alkyl halides is 2. The number of rotatable bonds is 5. The standard InChI is InChI=1S/C16H12F2O3/c17-16(18)21-14-6-2-4-12(10-14)15(20)8-7-11-3-1-5-13(19)9-11/h1-10,16,19H/b8-7+. The van der Waals surface area contributed by atoms with Crippen LogP contribution in [0.1, 0.15) is 15.9 Å². The Morgan fingerprint density at radius 3 is 2.62 bits per heavy atom. The average Bonchev–Trinajstić information content (AvgIpc) is 2.44. The van der Waals surface area contributed by atoms with Gasteiger partial charge in [0.25, 0.3) is 0 Å². The smallest absolute Gasteiger partial charge is 0.387 e. The fourth-order valence-electron chi connectivity index (χ4n) is 1.72. The first kappa shape index (κ1) is 14.7. The molecule has 0 unspecified atom stereocenters. The van der Waals surface area contributed by atoms with E-state index < -0.39 is 6.61 Å². The van der Waals surface area contributed by atoms with Gasteiger partial charge in [-0.3, -0.25) is 4.79 Å². The molecule has 0 radical (unpaired) electrons. The Morgan fingerprint density at radius 1 is 1.14 bits per heavy atom. The minimum absolute atomic E-state index is 0.0680. The van der Waals surface area contributed by atoms with Gasteiger partial charge < -0.3 is 9.84 Å². The van der Waals surface area contributed by atoms with Crippen molar-refractivity contribution in [1.29, 1.82) is 0 Å². The summed E-state index contributed by atoms with van der Waals surface area (Å²) in [6, 6.07) is 12.0. The quantitative estimate of drug-likeness (QED) is 0.671. The van der Waals surface area contributed by atoms with E-state index in [0.717, 1.165) is 0 Å². The zero-order valence-corrected chi connectivity index (χ0v) is 10.9. The Labute approximate surface area is 120 Å². The molecule has 108 valence electrons. The number of aromatic hydroxyl groups is 1. The highest BCUT2D eigenvalue weighted by atomic mass is 19.3. The minimum atomic E-state index is -2.93. The van der Waals surface area contributed by atoms with Crippen LogP contribution in [0, 0.1) is 0 Å². The zero-order valence-electron chi connectivity index (χ0n) is 10.9. The second-order valence-electron chi connectivity index (χ2n) is 4.20. The van der Waals surface area contributed by atoms with E-state index in [4.69, 9.17) is 0 Å². The van der Waals surface area contributed by atoms with Crippen molar-refractivity contribution in [2.24, 2.45) is 0 Å². The second kappa shape index (κ2) is 6.65. The number of carbonyl (C=O) groups is 1. The van der Waals surface area contributed by atoms with Gasteiger partial charge in [0.1, 0.15) is 11.5 Å². The van der Waals surface area contributed by atoms with Crippen LogP contribution in [0.15, 0.2) is 54.6 Å². The molecule has 5 heteroatoms.